The summed E-state index contributed by atoms with van der Waals surface area (Å²) in [5.41, 5.74) is 0.245. The number of hydrogen-bond acceptors (Lipinski definition) is 2. The molecule has 0 spiro atoms. The van der Waals surface area contributed by atoms with Gasteiger partial charge in [-0.15, -0.1) is 11.3 Å². The lowest BCUT2D eigenvalue weighted by atomic mass is 10.0. The quantitative estimate of drug-likeness (QED) is 0.810. The van der Waals surface area contributed by atoms with Crippen LogP contribution in [0.25, 0.3) is 0 Å². The molecule has 2 rings (SSSR count). The number of alkyl halides is 3. The van der Waals surface area contributed by atoms with Crippen molar-refractivity contribution in [2.75, 3.05) is 0 Å². The van der Waals surface area contributed by atoms with E-state index in [2.05, 4.69) is 5.32 Å². The van der Waals surface area contributed by atoms with Crippen LogP contribution in [0.2, 0.25) is 0 Å². The van der Waals surface area contributed by atoms with E-state index in [0.29, 0.717) is 6.42 Å². The molecule has 1 N–H and O–H groups in total. The molecule has 1 nitrogen and oxygen atoms in total. The monoisotopic (exact) mass is 299 g/mol. The van der Waals surface area contributed by atoms with E-state index in [1.807, 2.05) is 24.4 Å². The van der Waals surface area contributed by atoms with Crippen molar-refractivity contribution in [2.45, 2.75) is 31.6 Å². The van der Waals surface area contributed by atoms with Crippen LogP contribution in [0.5, 0.6) is 0 Å². The second-order valence-electron chi connectivity index (χ2n) is 4.53. The molecule has 20 heavy (non-hydrogen) atoms. The van der Waals surface area contributed by atoms with Gasteiger partial charge in [-0.05, 0) is 23.4 Å². The van der Waals surface area contributed by atoms with Gasteiger partial charge in [-0.3, -0.25) is 5.32 Å². The molecular formula is C15H16F3NS. The first-order chi connectivity index (χ1) is 9.52. The Hall–Kier alpha value is -1.33. The molecule has 2 unspecified atom stereocenters. The minimum atomic E-state index is -4.31. The van der Waals surface area contributed by atoms with Crippen LogP contribution in [0.15, 0.2) is 47.8 Å². The first-order valence-corrected chi connectivity index (χ1v) is 7.31. The van der Waals surface area contributed by atoms with Crippen LogP contribution < -0.4 is 5.32 Å². The Morgan fingerprint density at radius 1 is 1.10 bits per heavy atom. The largest absolute Gasteiger partial charge is 0.407 e. The van der Waals surface area contributed by atoms with Gasteiger partial charge in [-0.2, -0.15) is 13.2 Å². The van der Waals surface area contributed by atoms with Crippen molar-refractivity contribution in [2.24, 2.45) is 0 Å². The zero-order chi connectivity index (χ0) is 14.6. The molecule has 0 bridgehead atoms. The van der Waals surface area contributed by atoms with E-state index in [9.17, 15) is 13.2 Å². The maximum atomic E-state index is 13.3. The summed E-state index contributed by atoms with van der Waals surface area (Å²) in [6, 6.07) is 9.77. The van der Waals surface area contributed by atoms with Crippen molar-refractivity contribution in [1.29, 1.82) is 0 Å². The molecule has 2 atom stereocenters. The van der Waals surface area contributed by atoms with Crippen molar-refractivity contribution >= 4 is 11.3 Å². The maximum absolute atomic E-state index is 13.3. The van der Waals surface area contributed by atoms with Gasteiger partial charge in [-0.1, -0.05) is 43.3 Å². The average molecular weight is 299 g/mol. The van der Waals surface area contributed by atoms with Crippen molar-refractivity contribution in [3.05, 3.63) is 58.3 Å². The predicted octanol–water partition coefficient (Wildman–Crippen LogP) is 5.09. The van der Waals surface area contributed by atoms with Crippen LogP contribution in [0.1, 0.15) is 35.9 Å². The van der Waals surface area contributed by atoms with E-state index < -0.39 is 12.2 Å². The molecule has 1 heterocycles. The van der Waals surface area contributed by atoms with Crippen LogP contribution in [-0.4, -0.2) is 6.18 Å². The van der Waals surface area contributed by atoms with Crippen molar-refractivity contribution in [1.82, 2.24) is 5.32 Å². The third-order valence-corrected chi connectivity index (χ3v) is 4.11. The van der Waals surface area contributed by atoms with Crippen LogP contribution in [0.4, 0.5) is 13.2 Å². The highest BCUT2D eigenvalue weighted by Crippen LogP contribution is 2.36. The van der Waals surface area contributed by atoms with Gasteiger partial charge < -0.3 is 0 Å². The zero-order valence-corrected chi connectivity index (χ0v) is 11.8. The minimum absolute atomic E-state index is 0.245. The summed E-state index contributed by atoms with van der Waals surface area (Å²) >= 11 is 1.47. The Morgan fingerprint density at radius 3 is 2.30 bits per heavy atom. The highest BCUT2D eigenvalue weighted by molar-refractivity contribution is 7.10. The fourth-order valence-corrected chi connectivity index (χ4v) is 2.99. The van der Waals surface area contributed by atoms with E-state index in [1.54, 1.807) is 18.2 Å². The van der Waals surface area contributed by atoms with Gasteiger partial charge in [0.25, 0.3) is 0 Å². The number of benzene rings is 1. The molecule has 0 radical (unpaired) electrons. The second kappa shape index (κ2) is 6.41. The van der Waals surface area contributed by atoms with Crippen LogP contribution in [-0.2, 0) is 0 Å². The summed E-state index contributed by atoms with van der Waals surface area (Å²) in [5, 5.41) is 4.63. The number of halogens is 3. The Balaban J connectivity index is 2.25. The van der Waals surface area contributed by atoms with E-state index in [-0.39, 0.29) is 11.6 Å². The third kappa shape index (κ3) is 3.61. The van der Waals surface area contributed by atoms with Crippen LogP contribution in [0.3, 0.4) is 0 Å². The number of nitrogens with one attached hydrogen (secondary N) is 1. The van der Waals surface area contributed by atoms with Crippen molar-refractivity contribution in [3.63, 3.8) is 0 Å². The summed E-state index contributed by atoms with van der Waals surface area (Å²) in [5.74, 6) is 0. The van der Waals surface area contributed by atoms with Crippen molar-refractivity contribution < 1.29 is 13.2 Å². The summed E-state index contributed by atoms with van der Waals surface area (Å²) in [7, 11) is 0. The molecule has 0 saturated heterocycles. The fraction of sp³-hybridized carbons (Fsp3) is 0.333. The Morgan fingerprint density at radius 2 is 1.80 bits per heavy atom. The maximum Gasteiger partial charge on any atom is 0.407 e. The zero-order valence-electron chi connectivity index (χ0n) is 11.0. The van der Waals surface area contributed by atoms with Crippen LogP contribution in [0, 0.1) is 0 Å². The van der Waals surface area contributed by atoms with E-state index in [1.165, 1.54) is 23.5 Å². The lowest BCUT2D eigenvalue weighted by Gasteiger charge is -2.26. The first kappa shape index (κ1) is 15.1. The summed E-state index contributed by atoms with van der Waals surface area (Å²) in [4.78, 5) is 0.928. The number of rotatable bonds is 5. The second-order valence-corrected chi connectivity index (χ2v) is 5.51. The van der Waals surface area contributed by atoms with E-state index >= 15 is 0 Å². The molecule has 1 aromatic carbocycles. The van der Waals surface area contributed by atoms with Gasteiger partial charge in [-0.25, -0.2) is 0 Å². The average Bonchev–Trinajstić information content (AvgIpc) is 2.93. The molecule has 2 aromatic rings. The summed E-state index contributed by atoms with van der Waals surface area (Å²) < 4.78 is 39.9. The SMILES string of the molecule is CCC(NC(c1ccccc1)C(F)(F)F)c1cccs1. The highest BCUT2D eigenvalue weighted by Gasteiger charge is 2.41. The van der Waals surface area contributed by atoms with Crippen LogP contribution >= 0.6 is 11.3 Å². The van der Waals surface area contributed by atoms with Gasteiger partial charge in [0, 0.05) is 10.9 Å². The van der Waals surface area contributed by atoms with Gasteiger partial charge in [0.05, 0.1) is 0 Å². The summed E-state index contributed by atoms with van der Waals surface area (Å²) in [6.45, 7) is 1.88. The molecule has 0 fully saturated rings. The lowest BCUT2D eigenvalue weighted by molar-refractivity contribution is -0.159. The minimum Gasteiger partial charge on any atom is -0.295 e. The molecule has 0 saturated carbocycles. The first-order valence-electron chi connectivity index (χ1n) is 6.43. The third-order valence-electron chi connectivity index (χ3n) is 3.12. The standard InChI is InChI=1S/C15H16F3NS/c1-2-12(13-9-6-10-20-13)19-14(15(16,17)18)11-7-4-3-5-8-11/h3-10,12,14,19H,2H2,1H3. The topological polar surface area (TPSA) is 12.0 Å². The highest BCUT2D eigenvalue weighted by atomic mass is 32.1. The predicted molar refractivity (Wildman–Crippen MR) is 75.7 cm³/mol. The number of hydrogen-bond donors (Lipinski definition) is 1. The molecule has 0 aliphatic carbocycles. The lowest BCUT2D eigenvalue weighted by Crippen LogP contribution is -2.36. The molecular weight excluding hydrogens is 283 g/mol. The molecule has 5 heteroatoms. The smallest absolute Gasteiger partial charge is 0.295 e. The Labute approximate surface area is 120 Å². The Bertz CT molecular complexity index is 508. The molecule has 0 amide bonds. The Kier molecular flexibility index (Phi) is 4.83. The van der Waals surface area contributed by atoms with Gasteiger partial charge in [0.2, 0.25) is 0 Å². The molecule has 0 aliphatic rings. The van der Waals surface area contributed by atoms with Gasteiger partial charge >= 0.3 is 6.18 Å². The fourth-order valence-electron chi connectivity index (χ4n) is 2.12. The molecule has 1 aromatic heterocycles. The van der Waals surface area contributed by atoms with Gasteiger partial charge in [0.15, 0.2) is 0 Å². The van der Waals surface area contributed by atoms with Crippen molar-refractivity contribution in [3.8, 4) is 0 Å². The molecule has 0 aliphatic heterocycles. The van der Waals surface area contributed by atoms with E-state index in [4.69, 9.17) is 0 Å². The molecule has 108 valence electrons. The van der Waals surface area contributed by atoms with Gasteiger partial charge in [0.1, 0.15) is 6.04 Å². The normalized spacial score (nSPS) is 15.0. The van der Waals surface area contributed by atoms with E-state index in [0.717, 1.165) is 4.88 Å². The number of thiophene rings is 1. The summed E-state index contributed by atoms with van der Waals surface area (Å²) in [6.07, 6.45) is -3.70.